The first-order valence-electron chi connectivity index (χ1n) is 12.7. The Bertz CT molecular complexity index is 1210. The SMILES string of the molecule is N[C@H](Cc1cc(F)c(F)cc1F)C1CC2CCC(C1)N2C(=O)CS(=O)(=O)N1CCOCC1.O=C(O)/C=C\C(=O)O. The third-order valence-corrected chi connectivity index (χ3v) is 9.01. The lowest BCUT2D eigenvalue weighted by atomic mass is 9.82. The molecule has 0 spiro atoms. The molecular formula is C25H32F3N3O8S. The minimum absolute atomic E-state index is 0.0267. The summed E-state index contributed by atoms with van der Waals surface area (Å²) in [6.07, 6.45) is 3.85. The second-order valence-electron chi connectivity index (χ2n) is 9.92. The Labute approximate surface area is 229 Å². The predicted octanol–water partition coefficient (Wildman–Crippen LogP) is 1.12. The van der Waals surface area contributed by atoms with Crippen LogP contribution in [-0.4, -0.2) is 95.9 Å². The number of rotatable bonds is 8. The fourth-order valence-corrected chi connectivity index (χ4v) is 6.76. The first kappa shape index (κ1) is 31.5. The van der Waals surface area contributed by atoms with E-state index in [1.165, 1.54) is 4.31 Å². The number of carboxylic acid groups (broad SMARTS) is 2. The van der Waals surface area contributed by atoms with Gasteiger partial charge in [0, 0.05) is 49.4 Å². The molecule has 0 saturated carbocycles. The Kier molecular flexibility index (Phi) is 10.7. The van der Waals surface area contributed by atoms with Gasteiger partial charge in [0.15, 0.2) is 11.6 Å². The summed E-state index contributed by atoms with van der Waals surface area (Å²) in [5.74, 6) is -6.69. The van der Waals surface area contributed by atoms with E-state index in [0.29, 0.717) is 44.3 Å². The number of sulfonamides is 1. The molecule has 222 valence electrons. The van der Waals surface area contributed by atoms with Crippen LogP contribution in [0.1, 0.15) is 31.2 Å². The molecule has 0 aliphatic carbocycles. The molecule has 1 amide bonds. The Morgan fingerprint density at radius 3 is 2.02 bits per heavy atom. The number of amides is 1. The van der Waals surface area contributed by atoms with Crippen LogP contribution in [0.25, 0.3) is 0 Å². The summed E-state index contributed by atoms with van der Waals surface area (Å²) in [5, 5.41) is 15.6. The molecule has 3 aliphatic rings. The largest absolute Gasteiger partial charge is 0.478 e. The predicted molar refractivity (Wildman–Crippen MR) is 135 cm³/mol. The van der Waals surface area contributed by atoms with Crippen molar-refractivity contribution in [1.82, 2.24) is 9.21 Å². The van der Waals surface area contributed by atoms with Gasteiger partial charge in [-0.25, -0.2) is 31.2 Å². The number of hydrogen-bond acceptors (Lipinski definition) is 7. The summed E-state index contributed by atoms with van der Waals surface area (Å²) < 4.78 is 72.5. The highest BCUT2D eigenvalue weighted by molar-refractivity contribution is 7.89. The van der Waals surface area contributed by atoms with Crippen LogP contribution in [0.3, 0.4) is 0 Å². The van der Waals surface area contributed by atoms with Crippen molar-refractivity contribution in [2.45, 2.75) is 50.2 Å². The van der Waals surface area contributed by atoms with Crippen LogP contribution in [0, 0.1) is 23.4 Å². The van der Waals surface area contributed by atoms with Crippen molar-refractivity contribution in [2.24, 2.45) is 11.7 Å². The number of carboxylic acids is 2. The molecule has 1 aromatic rings. The van der Waals surface area contributed by atoms with Gasteiger partial charge in [-0.3, -0.25) is 4.79 Å². The van der Waals surface area contributed by atoms with Crippen LogP contribution in [0.5, 0.6) is 0 Å². The van der Waals surface area contributed by atoms with Gasteiger partial charge in [0.25, 0.3) is 0 Å². The Morgan fingerprint density at radius 2 is 1.50 bits per heavy atom. The van der Waals surface area contributed by atoms with Crippen LogP contribution < -0.4 is 5.73 Å². The minimum atomic E-state index is -3.70. The van der Waals surface area contributed by atoms with Crippen LogP contribution in [0.15, 0.2) is 24.3 Å². The molecular weight excluding hydrogens is 559 g/mol. The average Bonchev–Trinajstić information content (AvgIpc) is 3.16. The maximum atomic E-state index is 14.0. The van der Waals surface area contributed by atoms with Crippen molar-refractivity contribution in [3.63, 3.8) is 0 Å². The van der Waals surface area contributed by atoms with Gasteiger partial charge in [0.2, 0.25) is 15.9 Å². The molecule has 0 aromatic heterocycles. The number of halogens is 3. The summed E-state index contributed by atoms with van der Waals surface area (Å²) >= 11 is 0. The van der Waals surface area contributed by atoms with Gasteiger partial charge in [-0.2, -0.15) is 4.31 Å². The number of nitrogens with two attached hydrogens (primary N) is 1. The van der Waals surface area contributed by atoms with Crippen LogP contribution in [0.4, 0.5) is 13.2 Å². The Hall–Kier alpha value is -3.01. The lowest BCUT2D eigenvalue weighted by molar-refractivity contribution is -0.134. The Morgan fingerprint density at radius 1 is 0.975 bits per heavy atom. The Balaban J connectivity index is 0.000000482. The molecule has 11 nitrogen and oxygen atoms in total. The van der Waals surface area contributed by atoms with E-state index >= 15 is 0 Å². The summed E-state index contributed by atoms with van der Waals surface area (Å²) in [5.41, 5.74) is 6.34. The number of fused-ring (bicyclic) bond motifs is 2. The monoisotopic (exact) mass is 591 g/mol. The molecule has 3 aliphatic heterocycles. The highest BCUT2D eigenvalue weighted by Gasteiger charge is 2.45. The average molecular weight is 592 g/mol. The number of morpholine rings is 1. The van der Waals surface area contributed by atoms with Crippen molar-refractivity contribution >= 4 is 27.9 Å². The van der Waals surface area contributed by atoms with Crippen molar-refractivity contribution in [1.29, 1.82) is 0 Å². The number of hydrogen-bond donors (Lipinski definition) is 3. The number of benzene rings is 1. The van der Waals surface area contributed by atoms with E-state index in [1.807, 2.05) is 0 Å². The molecule has 3 fully saturated rings. The maximum absolute atomic E-state index is 14.0. The van der Waals surface area contributed by atoms with Gasteiger partial charge in [-0.15, -0.1) is 0 Å². The van der Waals surface area contributed by atoms with Gasteiger partial charge >= 0.3 is 11.9 Å². The van der Waals surface area contributed by atoms with Gasteiger partial charge in [-0.05, 0) is 49.7 Å². The molecule has 0 radical (unpaired) electrons. The lowest BCUT2D eigenvalue weighted by Gasteiger charge is -2.41. The van der Waals surface area contributed by atoms with Gasteiger partial charge in [-0.1, -0.05) is 0 Å². The number of aliphatic carboxylic acids is 2. The topological polar surface area (TPSA) is 168 Å². The van der Waals surface area contributed by atoms with Crippen LogP contribution >= 0.6 is 0 Å². The standard InChI is InChI=1S/C21H28F3N3O4S.C4H4O4/c22-17-11-19(24)18(23)9-13(17)10-20(25)14-7-15-1-2-16(8-14)27(15)21(28)12-32(29,30)26-3-5-31-6-4-26;5-3(6)1-2-4(7)8/h9,11,14-16,20H,1-8,10,12,25H2;1-2H,(H,5,6)(H,7,8)/b;2-1-/t14?,15?,16?,20-;/m1./s1. The molecule has 3 heterocycles. The molecule has 2 bridgehead atoms. The van der Waals surface area contributed by atoms with Crippen molar-refractivity contribution in [3.05, 3.63) is 47.3 Å². The second kappa shape index (κ2) is 13.6. The molecule has 3 saturated heterocycles. The fourth-order valence-electron chi connectivity index (χ4n) is 5.41. The number of piperidine rings is 1. The van der Waals surface area contributed by atoms with Gasteiger partial charge < -0.3 is 25.6 Å². The third kappa shape index (κ3) is 8.25. The summed E-state index contributed by atoms with van der Waals surface area (Å²) in [6.45, 7) is 1.14. The maximum Gasteiger partial charge on any atom is 0.328 e. The minimum Gasteiger partial charge on any atom is -0.478 e. The molecule has 15 heteroatoms. The smallest absolute Gasteiger partial charge is 0.328 e. The zero-order valence-corrected chi connectivity index (χ0v) is 22.4. The number of carbonyl (C=O) groups is 3. The summed E-state index contributed by atoms with van der Waals surface area (Å²) in [6, 6.07) is 0.650. The van der Waals surface area contributed by atoms with Gasteiger partial charge in [0.1, 0.15) is 11.6 Å². The van der Waals surface area contributed by atoms with Crippen LogP contribution in [0.2, 0.25) is 0 Å². The number of nitrogens with zero attached hydrogens (tertiary/aromatic N) is 2. The van der Waals surface area contributed by atoms with E-state index in [0.717, 1.165) is 18.9 Å². The number of ether oxygens (including phenoxy) is 1. The number of carbonyl (C=O) groups excluding carboxylic acids is 1. The fraction of sp³-hybridized carbons (Fsp3) is 0.560. The van der Waals surface area contributed by atoms with E-state index in [1.54, 1.807) is 4.90 Å². The van der Waals surface area contributed by atoms with E-state index in [-0.39, 0.29) is 43.1 Å². The van der Waals surface area contributed by atoms with Crippen molar-refractivity contribution < 1.29 is 50.9 Å². The van der Waals surface area contributed by atoms with Gasteiger partial charge in [0.05, 0.1) is 13.2 Å². The van der Waals surface area contributed by atoms with Crippen LogP contribution in [-0.2, 0) is 35.6 Å². The molecule has 40 heavy (non-hydrogen) atoms. The van der Waals surface area contributed by atoms with E-state index in [9.17, 15) is 36.0 Å². The van der Waals surface area contributed by atoms with E-state index in [2.05, 4.69) is 0 Å². The first-order chi connectivity index (χ1) is 18.8. The highest BCUT2D eigenvalue weighted by atomic mass is 32.2. The second-order valence-corrected chi connectivity index (χ2v) is 11.9. The zero-order valence-electron chi connectivity index (χ0n) is 21.5. The first-order valence-corrected chi connectivity index (χ1v) is 14.3. The highest BCUT2D eigenvalue weighted by Crippen LogP contribution is 2.40. The molecule has 1 aromatic carbocycles. The van der Waals surface area contributed by atoms with E-state index < -0.39 is 57.1 Å². The third-order valence-electron chi connectivity index (χ3n) is 7.25. The molecule has 4 N–H and O–H groups in total. The van der Waals surface area contributed by atoms with E-state index in [4.69, 9.17) is 20.7 Å². The molecule has 3 atom stereocenters. The quantitative estimate of drug-likeness (QED) is 0.296. The normalized spacial score (nSPS) is 23.9. The van der Waals surface area contributed by atoms with Crippen molar-refractivity contribution in [2.75, 3.05) is 32.1 Å². The molecule has 2 unspecified atom stereocenters. The lowest BCUT2D eigenvalue weighted by Crippen LogP contribution is -2.53. The summed E-state index contributed by atoms with van der Waals surface area (Å²) in [7, 11) is -3.70. The zero-order chi connectivity index (χ0) is 29.6. The van der Waals surface area contributed by atoms with Crippen molar-refractivity contribution in [3.8, 4) is 0 Å². The summed E-state index contributed by atoms with van der Waals surface area (Å²) in [4.78, 5) is 33.7. The molecule has 4 rings (SSSR count).